The number of nitrogens with zero attached hydrogens (tertiary/aromatic N) is 2. The fraction of sp³-hybridized carbons (Fsp3) is 0.542. The van der Waals surface area contributed by atoms with Gasteiger partial charge >= 0.3 is 0 Å². The van der Waals surface area contributed by atoms with Crippen LogP contribution in [0.3, 0.4) is 0 Å². The van der Waals surface area contributed by atoms with Crippen molar-refractivity contribution in [2.45, 2.75) is 32.7 Å². The highest BCUT2D eigenvalue weighted by atomic mass is 127. The van der Waals surface area contributed by atoms with E-state index in [1.165, 1.54) is 29.2 Å². The topological polar surface area (TPSA) is 48.9 Å². The molecular weight excluding hydrogens is 487 g/mol. The third kappa shape index (κ3) is 7.39. The maximum Gasteiger partial charge on any atom is 0.191 e. The van der Waals surface area contributed by atoms with E-state index in [4.69, 9.17) is 9.73 Å². The minimum absolute atomic E-state index is 0. The third-order valence-electron chi connectivity index (χ3n) is 5.80. The Morgan fingerprint density at radius 2 is 1.90 bits per heavy atom. The predicted molar refractivity (Wildman–Crippen MR) is 138 cm³/mol. The van der Waals surface area contributed by atoms with Crippen LogP contribution < -0.4 is 10.6 Å². The maximum atomic E-state index is 5.19. The molecule has 1 aliphatic heterocycles. The number of methoxy groups -OCH3 is 1. The molecule has 1 heterocycles. The lowest BCUT2D eigenvalue weighted by atomic mass is 9.97. The molecule has 6 heteroatoms. The van der Waals surface area contributed by atoms with Crippen LogP contribution in [0, 0.1) is 5.92 Å². The lowest BCUT2D eigenvalue weighted by molar-refractivity contribution is 0.121. The SMILES string of the molecule is CCNC(=NCC1CCN(CCOC)CC1)NC(C)c1ccc2ccccc2c1.I. The average Bonchev–Trinajstić information content (AvgIpc) is 2.76. The smallest absolute Gasteiger partial charge is 0.191 e. The molecule has 0 amide bonds. The molecule has 3 rings (SSSR count). The zero-order chi connectivity index (χ0) is 20.5. The zero-order valence-corrected chi connectivity index (χ0v) is 20.9. The van der Waals surface area contributed by atoms with Crippen LogP contribution in [0.1, 0.15) is 38.3 Å². The fourth-order valence-electron chi connectivity index (χ4n) is 3.92. The van der Waals surface area contributed by atoms with E-state index in [0.29, 0.717) is 5.92 Å². The first-order chi connectivity index (χ1) is 14.2. The van der Waals surface area contributed by atoms with E-state index in [-0.39, 0.29) is 30.0 Å². The first-order valence-electron chi connectivity index (χ1n) is 10.9. The van der Waals surface area contributed by atoms with Crippen molar-refractivity contribution in [2.75, 3.05) is 46.4 Å². The van der Waals surface area contributed by atoms with Crippen molar-refractivity contribution in [3.8, 4) is 0 Å². The molecule has 2 N–H and O–H groups in total. The summed E-state index contributed by atoms with van der Waals surface area (Å²) in [5.74, 6) is 1.58. The van der Waals surface area contributed by atoms with Crippen molar-refractivity contribution in [2.24, 2.45) is 10.9 Å². The second-order valence-corrected chi connectivity index (χ2v) is 7.97. The van der Waals surface area contributed by atoms with E-state index in [9.17, 15) is 0 Å². The van der Waals surface area contributed by atoms with E-state index >= 15 is 0 Å². The first kappa shape index (κ1) is 24.9. The Morgan fingerprint density at radius 3 is 2.60 bits per heavy atom. The van der Waals surface area contributed by atoms with E-state index in [1.807, 2.05) is 0 Å². The van der Waals surface area contributed by atoms with Gasteiger partial charge in [-0.3, -0.25) is 4.99 Å². The van der Waals surface area contributed by atoms with Crippen LogP contribution in [-0.2, 0) is 4.74 Å². The minimum atomic E-state index is 0. The molecule has 1 saturated heterocycles. The Bertz CT molecular complexity index is 790. The molecule has 1 aliphatic rings. The molecule has 0 bridgehead atoms. The van der Waals surface area contributed by atoms with Gasteiger partial charge in [-0.1, -0.05) is 36.4 Å². The lowest BCUT2D eigenvalue weighted by Crippen LogP contribution is -2.40. The number of guanidine groups is 1. The molecule has 1 fully saturated rings. The van der Waals surface area contributed by atoms with Crippen LogP contribution in [0.25, 0.3) is 10.8 Å². The van der Waals surface area contributed by atoms with Gasteiger partial charge in [-0.15, -0.1) is 24.0 Å². The quantitative estimate of drug-likeness (QED) is 0.305. The van der Waals surface area contributed by atoms with Crippen LogP contribution in [0.5, 0.6) is 0 Å². The average molecular weight is 524 g/mol. The van der Waals surface area contributed by atoms with Crippen LogP contribution >= 0.6 is 24.0 Å². The van der Waals surface area contributed by atoms with Crippen molar-refractivity contribution in [1.82, 2.24) is 15.5 Å². The van der Waals surface area contributed by atoms with Gasteiger partial charge in [0.05, 0.1) is 12.6 Å². The fourth-order valence-corrected chi connectivity index (χ4v) is 3.92. The Balaban J connectivity index is 0.00000320. The Kier molecular flexibility index (Phi) is 10.9. The normalized spacial score (nSPS) is 16.8. The van der Waals surface area contributed by atoms with Crippen molar-refractivity contribution in [1.29, 1.82) is 0 Å². The third-order valence-corrected chi connectivity index (χ3v) is 5.80. The summed E-state index contributed by atoms with van der Waals surface area (Å²) in [5, 5.41) is 9.55. The Morgan fingerprint density at radius 1 is 1.17 bits per heavy atom. The van der Waals surface area contributed by atoms with Gasteiger partial charge in [0.25, 0.3) is 0 Å². The number of ether oxygens (including phenoxy) is 1. The first-order valence-corrected chi connectivity index (χ1v) is 10.9. The number of fused-ring (bicyclic) bond motifs is 1. The molecule has 0 spiro atoms. The molecule has 0 aromatic heterocycles. The van der Waals surface area contributed by atoms with Gasteiger partial charge in [-0.2, -0.15) is 0 Å². The number of piperidine rings is 1. The standard InChI is InChI=1S/C24H36N4O.HI/c1-4-25-24(26-18-20-11-13-28(14-12-20)15-16-29-3)27-19(2)22-10-9-21-7-5-6-8-23(21)17-22;/h5-10,17,19-20H,4,11-16,18H2,1-3H3,(H2,25,26,27);1H. The van der Waals surface area contributed by atoms with Crippen molar-refractivity contribution >= 4 is 40.7 Å². The van der Waals surface area contributed by atoms with Crippen molar-refractivity contribution < 1.29 is 4.74 Å². The van der Waals surface area contributed by atoms with Gasteiger partial charge in [0.1, 0.15) is 0 Å². The van der Waals surface area contributed by atoms with Crippen molar-refractivity contribution in [3.05, 3.63) is 48.0 Å². The monoisotopic (exact) mass is 524 g/mol. The number of benzene rings is 2. The molecule has 0 saturated carbocycles. The summed E-state index contributed by atoms with van der Waals surface area (Å²) in [4.78, 5) is 7.40. The Labute approximate surface area is 198 Å². The predicted octanol–water partition coefficient (Wildman–Crippen LogP) is 4.43. The molecule has 30 heavy (non-hydrogen) atoms. The van der Waals surface area contributed by atoms with Gasteiger partial charge in [0.2, 0.25) is 0 Å². The van der Waals surface area contributed by atoms with E-state index in [1.54, 1.807) is 7.11 Å². The minimum Gasteiger partial charge on any atom is -0.383 e. The number of hydrogen-bond donors (Lipinski definition) is 2. The zero-order valence-electron chi connectivity index (χ0n) is 18.6. The maximum absolute atomic E-state index is 5.19. The van der Waals surface area contributed by atoms with Crippen LogP contribution in [0.2, 0.25) is 0 Å². The molecule has 0 aliphatic carbocycles. The lowest BCUT2D eigenvalue weighted by Gasteiger charge is -2.31. The summed E-state index contributed by atoms with van der Waals surface area (Å²) in [6.45, 7) is 10.2. The second-order valence-electron chi connectivity index (χ2n) is 7.97. The van der Waals surface area contributed by atoms with Crippen LogP contribution in [-0.4, -0.2) is 57.3 Å². The second kappa shape index (κ2) is 13.1. The number of aliphatic imine (C=N–C) groups is 1. The molecule has 5 nitrogen and oxygen atoms in total. The van der Waals surface area contributed by atoms with Crippen LogP contribution in [0.4, 0.5) is 0 Å². The van der Waals surface area contributed by atoms with Gasteiger partial charge < -0.3 is 20.3 Å². The highest BCUT2D eigenvalue weighted by Gasteiger charge is 2.19. The summed E-state index contributed by atoms with van der Waals surface area (Å²) in [7, 11) is 1.77. The highest BCUT2D eigenvalue weighted by Crippen LogP contribution is 2.20. The molecular formula is C24H37IN4O. The summed E-state index contributed by atoms with van der Waals surface area (Å²) in [6, 6.07) is 15.4. The molecule has 166 valence electrons. The van der Waals surface area contributed by atoms with E-state index in [2.05, 4.69) is 71.8 Å². The molecule has 0 radical (unpaired) electrons. The van der Waals surface area contributed by atoms with Gasteiger partial charge in [0.15, 0.2) is 5.96 Å². The molecule has 1 unspecified atom stereocenters. The molecule has 1 atom stereocenters. The number of likely N-dealkylation sites (tertiary alicyclic amines) is 1. The summed E-state index contributed by atoms with van der Waals surface area (Å²) in [6.07, 6.45) is 2.43. The number of halogens is 1. The summed E-state index contributed by atoms with van der Waals surface area (Å²) < 4.78 is 5.19. The molecule has 2 aromatic carbocycles. The number of nitrogens with one attached hydrogen (secondary N) is 2. The largest absolute Gasteiger partial charge is 0.383 e. The molecule has 2 aromatic rings. The highest BCUT2D eigenvalue weighted by molar-refractivity contribution is 14.0. The summed E-state index contributed by atoms with van der Waals surface area (Å²) >= 11 is 0. The number of hydrogen-bond acceptors (Lipinski definition) is 3. The van der Waals surface area contributed by atoms with Gasteiger partial charge in [0, 0.05) is 26.7 Å². The van der Waals surface area contributed by atoms with Gasteiger partial charge in [-0.25, -0.2) is 0 Å². The van der Waals surface area contributed by atoms with Crippen LogP contribution in [0.15, 0.2) is 47.5 Å². The van der Waals surface area contributed by atoms with E-state index in [0.717, 1.165) is 45.3 Å². The summed E-state index contributed by atoms with van der Waals surface area (Å²) in [5.41, 5.74) is 1.28. The van der Waals surface area contributed by atoms with E-state index < -0.39 is 0 Å². The van der Waals surface area contributed by atoms with Gasteiger partial charge in [-0.05, 0) is 68.1 Å². The van der Waals surface area contributed by atoms with Crippen molar-refractivity contribution in [3.63, 3.8) is 0 Å². The number of rotatable bonds is 8. The Hall–Kier alpha value is -1.38.